The molecule has 10 heteroatoms. The third kappa shape index (κ3) is 4.37. The SMILES string of the molecule is COc1ccc(NS(=O)(=O)c2cc(Br)ccc2OC)cc1C(F)(F)F. The number of methoxy groups -OCH3 is 2. The Morgan fingerprint density at radius 2 is 1.60 bits per heavy atom. The minimum Gasteiger partial charge on any atom is -0.496 e. The van der Waals surface area contributed by atoms with E-state index in [1.807, 2.05) is 0 Å². The Kier molecular flexibility index (Phi) is 5.52. The van der Waals surface area contributed by atoms with E-state index in [9.17, 15) is 21.6 Å². The zero-order valence-electron chi connectivity index (χ0n) is 13.0. The van der Waals surface area contributed by atoms with Crippen molar-refractivity contribution in [2.45, 2.75) is 11.1 Å². The Hall–Kier alpha value is -1.94. The van der Waals surface area contributed by atoms with Crippen LogP contribution in [0.25, 0.3) is 0 Å². The lowest BCUT2D eigenvalue weighted by molar-refractivity contribution is -0.138. The molecule has 2 rings (SSSR count). The molecule has 0 radical (unpaired) electrons. The highest BCUT2D eigenvalue weighted by atomic mass is 79.9. The van der Waals surface area contributed by atoms with Crippen molar-refractivity contribution in [1.82, 2.24) is 0 Å². The maximum Gasteiger partial charge on any atom is 0.420 e. The summed E-state index contributed by atoms with van der Waals surface area (Å²) in [6.07, 6.45) is -4.69. The van der Waals surface area contributed by atoms with Gasteiger partial charge < -0.3 is 9.47 Å². The molecular formula is C15H13BrF3NO4S. The van der Waals surface area contributed by atoms with Gasteiger partial charge in [0.25, 0.3) is 10.0 Å². The summed E-state index contributed by atoms with van der Waals surface area (Å²) >= 11 is 3.15. The van der Waals surface area contributed by atoms with Crippen molar-refractivity contribution in [2.24, 2.45) is 0 Å². The van der Waals surface area contributed by atoms with Gasteiger partial charge in [0.15, 0.2) is 0 Å². The van der Waals surface area contributed by atoms with Crippen molar-refractivity contribution in [3.8, 4) is 11.5 Å². The van der Waals surface area contributed by atoms with Gasteiger partial charge in [-0.25, -0.2) is 8.42 Å². The molecule has 0 fully saturated rings. The number of rotatable bonds is 5. The summed E-state index contributed by atoms with van der Waals surface area (Å²) in [7, 11) is -1.79. The highest BCUT2D eigenvalue weighted by Gasteiger charge is 2.35. The first-order valence-electron chi connectivity index (χ1n) is 6.70. The first-order chi connectivity index (χ1) is 11.6. The molecule has 2 aromatic carbocycles. The van der Waals surface area contributed by atoms with Crippen molar-refractivity contribution in [1.29, 1.82) is 0 Å². The van der Waals surface area contributed by atoms with Gasteiger partial charge in [-0.1, -0.05) is 15.9 Å². The normalized spacial score (nSPS) is 11.9. The number of anilines is 1. The van der Waals surface area contributed by atoms with Crippen LogP contribution < -0.4 is 14.2 Å². The Bertz CT molecular complexity index is 885. The van der Waals surface area contributed by atoms with Crippen molar-refractivity contribution >= 4 is 31.6 Å². The first-order valence-corrected chi connectivity index (χ1v) is 8.97. The highest BCUT2D eigenvalue weighted by Crippen LogP contribution is 2.38. The summed E-state index contributed by atoms with van der Waals surface area (Å²) in [5.74, 6) is -0.351. The van der Waals surface area contributed by atoms with E-state index in [0.717, 1.165) is 13.2 Å². The van der Waals surface area contributed by atoms with Gasteiger partial charge in [-0.3, -0.25) is 4.72 Å². The summed E-state index contributed by atoms with van der Waals surface area (Å²) in [5.41, 5.74) is -1.34. The topological polar surface area (TPSA) is 64.6 Å². The van der Waals surface area contributed by atoms with Crippen LogP contribution in [0.2, 0.25) is 0 Å². The molecule has 5 nitrogen and oxygen atoms in total. The minimum absolute atomic E-state index is 0.0558. The third-order valence-corrected chi connectivity index (χ3v) is 5.07. The van der Waals surface area contributed by atoms with Crippen molar-refractivity contribution < 1.29 is 31.1 Å². The van der Waals surface area contributed by atoms with Crippen LogP contribution in [-0.2, 0) is 16.2 Å². The molecule has 0 saturated heterocycles. The molecule has 25 heavy (non-hydrogen) atoms. The van der Waals surface area contributed by atoms with Crippen molar-refractivity contribution in [2.75, 3.05) is 18.9 Å². The molecule has 0 saturated carbocycles. The van der Waals surface area contributed by atoms with E-state index in [-0.39, 0.29) is 16.3 Å². The summed E-state index contributed by atoms with van der Waals surface area (Å²) in [6, 6.07) is 7.17. The molecule has 0 atom stereocenters. The smallest absolute Gasteiger partial charge is 0.420 e. The minimum atomic E-state index is -4.69. The molecule has 0 bridgehead atoms. The second kappa shape index (κ2) is 7.12. The molecule has 136 valence electrons. The predicted octanol–water partition coefficient (Wildman–Crippen LogP) is 4.29. The molecule has 0 amide bonds. The quantitative estimate of drug-likeness (QED) is 0.754. The van der Waals surface area contributed by atoms with E-state index in [0.29, 0.717) is 10.5 Å². The van der Waals surface area contributed by atoms with Gasteiger partial charge >= 0.3 is 6.18 Å². The van der Waals surface area contributed by atoms with E-state index in [2.05, 4.69) is 25.4 Å². The number of halogens is 4. The zero-order valence-corrected chi connectivity index (χ0v) is 15.4. The lowest BCUT2D eigenvalue weighted by atomic mass is 10.1. The van der Waals surface area contributed by atoms with Gasteiger partial charge in [-0.2, -0.15) is 13.2 Å². The van der Waals surface area contributed by atoms with E-state index in [1.54, 1.807) is 6.07 Å². The molecule has 0 aliphatic carbocycles. The van der Waals surface area contributed by atoms with Gasteiger partial charge in [0.1, 0.15) is 16.4 Å². The molecule has 0 aliphatic heterocycles. The van der Waals surface area contributed by atoms with Crippen LogP contribution in [0.4, 0.5) is 18.9 Å². The number of nitrogens with one attached hydrogen (secondary N) is 1. The molecular weight excluding hydrogens is 427 g/mol. The van der Waals surface area contributed by atoms with Crippen LogP contribution in [0.15, 0.2) is 45.8 Å². The molecule has 1 N–H and O–H groups in total. The second-order valence-corrected chi connectivity index (χ2v) is 7.38. The Morgan fingerprint density at radius 1 is 1.00 bits per heavy atom. The fraction of sp³-hybridized carbons (Fsp3) is 0.200. The van der Waals surface area contributed by atoms with Gasteiger partial charge in [-0.15, -0.1) is 0 Å². The van der Waals surface area contributed by atoms with Crippen LogP contribution in [0.1, 0.15) is 5.56 Å². The Labute approximate surface area is 150 Å². The number of sulfonamides is 1. The van der Waals surface area contributed by atoms with Crippen molar-refractivity contribution in [3.05, 3.63) is 46.4 Å². The lowest BCUT2D eigenvalue weighted by Gasteiger charge is -2.15. The predicted molar refractivity (Wildman–Crippen MR) is 89.5 cm³/mol. The maximum absolute atomic E-state index is 13.1. The number of alkyl halides is 3. The number of hydrogen-bond donors (Lipinski definition) is 1. The first kappa shape index (κ1) is 19.4. The largest absolute Gasteiger partial charge is 0.496 e. The van der Waals surface area contributed by atoms with E-state index in [1.165, 1.54) is 25.3 Å². The summed E-state index contributed by atoms with van der Waals surface area (Å²) in [6.45, 7) is 0. The van der Waals surface area contributed by atoms with Crippen LogP contribution in [0.3, 0.4) is 0 Å². The average molecular weight is 440 g/mol. The van der Waals surface area contributed by atoms with E-state index < -0.39 is 27.5 Å². The monoisotopic (exact) mass is 439 g/mol. The fourth-order valence-electron chi connectivity index (χ4n) is 2.06. The number of ether oxygens (including phenoxy) is 2. The molecule has 0 unspecified atom stereocenters. The summed E-state index contributed by atoms with van der Waals surface area (Å²) in [4.78, 5) is -0.214. The van der Waals surface area contributed by atoms with E-state index in [4.69, 9.17) is 4.74 Å². The average Bonchev–Trinajstić information content (AvgIpc) is 2.53. The zero-order chi connectivity index (χ0) is 18.8. The number of hydrogen-bond acceptors (Lipinski definition) is 4. The molecule has 0 aromatic heterocycles. The van der Waals surface area contributed by atoms with Gasteiger partial charge in [0.05, 0.1) is 19.8 Å². The van der Waals surface area contributed by atoms with Crippen molar-refractivity contribution in [3.63, 3.8) is 0 Å². The standard InChI is InChI=1S/C15H13BrF3NO4S/c1-23-12-6-4-10(8-11(12)15(17,18)19)20-25(21,22)14-7-9(16)3-5-13(14)24-2/h3-8,20H,1-2H3. The lowest BCUT2D eigenvalue weighted by Crippen LogP contribution is -2.15. The van der Waals surface area contributed by atoms with Crippen LogP contribution in [0.5, 0.6) is 11.5 Å². The van der Waals surface area contributed by atoms with Gasteiger partial charge in [0, 0.05) is 10.2 Å². The van der Waals surface area contributed by atoms with Crippen LogP contribution in [-0.4, -0.2) is 22.6 Å². The fourth-order valence-corrected chi connectivity index (χ4v) is 3.82. The molecule has 0 spiro atoms. The highest BCUT2D eigenvalue weighted by molar-refractivity contribution is 9.10. The van der Waals surface area contributed by atoms with Gasteiger partial charge in [0.2, 0.25) is 0 Å². The Morgan fingerprint density at radius 3 is 2.16 bits per heavy atom. The molecule has 0 aliphatic rings. The third-order valence-electron chi connectivity index (χ3n) is 3.17. The van der Waals surface area contributed by atoms with Crippen LogP contribution in [0, 0.1) is 0 Å². The van der Waals surface area contributed by atoms with Gasteiger partial charge in [-0.05, 0) is 36.4 Å². The maximum atomic E-state index is 13.1. The molecule has 0 heterocycles. The number of benzene rings is 2. The second-order valence-electron chi connectivity index (χ2n) is 4.81. The summed E-state index contributed by atoms with van der Waals surface area (Å²) in [5, 5.41) is 0. The van der Waals surface area contributed by atoms with E-state index >= 15 is 0 Å². The van der Waals surface area contributed by atoms with Crippen LogP contribution >= 0.6 is 15.9 Å². The summed E-state index contributed by atoms with van der Waals surface area (Å²) < 4.78 is 76.5. The molecule has 2 aromatic rings. The Balaban J connectivity index is 2.47.